The van der Waals surface area contributed by atoms with Crippen molar-refractivity contribution < 1.29 is 17.5 Å². The van der Waals surface area contributed by atoms with Crippen LogP contribution in [-0.2, 0) is 20.2 Å². The molecule has 1 aromatic carbocycles. The number of halogens is 1. The van der Waals surface area contributed by atoms with E-state index in [0.717, 1.165) is 5.56 Å². The van der Waals surface area contributed by atoms with Crippen LogP contribution in [0.15, 0.2) is 46.0 Å². The molecule has 2 heterocycles. The van der Waals surface area contributed by atoms with Gasteiger partial charge in [0.1, 0.15) is 10.0 Å². The lowest BCUT2D eigenvalue weighted by Crippen LogP contribution is -2.44. The molecule has 2 aromatic rings. The highest BCUT2D eigenvalue weighted by atomic mass is 32.2. The van der Waals surface area contributed by atoms with Gasteiger partial charge in [0.05, 0.1) is 0 Å². The van der Waals surface area contributed by atoms with Gasteiger partial charge in [-0.05, 0) is 42.0 Å². The molecule has 0 spiro atoms. The third-order valence-corrected chi connectivity index (χ3v) is 7.07. The molecule has 1 fully saturated rings. The summed E-state index contributed by atoms with van der Waals surface area (Å²) in [6, 6.07) is 9.60. The number of nitrogens with one attached hydrogen (secondary N) is 1. The minimum absolute atomic E-state index is 0.280. The van der Waals surface area contributed by atoms with Crippen LogP contribution in [0.3, 0.4) is 0 Å². The van der Waals surface area contributed by atoms with Crippen molar-refractivity contribution in [3.05, 3.63) is 53.2 Å². The lowest BCUT2D eigenvalue weighted by atomic mass is 9.74. The van der Waals surface area contributed by atoms with Crippen LogP contribution >= 0.6 is 11.3 Å². The number of hydrogen-bond acceptors (Lipinski definition) is 4. The minimum Gasteiger partial charge on any atom is -0.381 e. The molecular formula is C16H18FNO3S2. The van der Waals surface area contributed by atoms with E-state index in [4.69, 9.17) is 4.74 Å². The highest BCUT2D eigenvalue weighted by Gasteiger charge is 2.35. The summed E-state index contributed by atoms with van der Waals surface area (Å²) in [6.07, 6.45) is 1.40. The zero-order valence-corrected chi connectivity index (χ0v) is 14.1. The number of sulfonamides is 1. The standard InChI is InChI=1S/C16H18FNO3S2/c17-14-5-3-13(4-6-14)16(7-9-21-10-8-16)12-18-23(19,20)15-2-1-11-22-15/h1-6,11,18H,7-10,12H2. The van der Waals surface area contributed by atoms with Gasteiger partial charge in [0.2, 0.25) is 10.0 Å². The molecular weight excluding hydrogens is 337 g/mol. The van der Waals surface area contributed by atoms with Crippen molar-refractivity contribution in [3.8, 4) is 0 Å². The Morgan fingerprint density at radius 3 is 2.48 bits per heavy atom. The maximum Gasteiger partial charge on any atom is 0.250 e. The Hall–Kier alpha value is -1.28. The largest absolute Gasteiger partial charge is 0.381 e. The molecule has 1 aliphatic heterocycles. The van der Waals surface area contributed by atoms with Crippen molar-refractivity contribution >= 4 is 21.4 Å². The van der Waals surface area contributed by atoms with Gasteiger partial charge in [0.15, 0.2) is 0 Å². The van der Waals surface area contributed by atoms with Crippen molar-refractivity contribution in [2.24, 2.45) is 0 Å². The van der Waals surface area contributed by atoms with Gasteiger partial charge >= 0.3 is 0 Å². The fourth-order valence-corrected chi connectivity index (χ4v) is 5.02. The first-order valence-corrected chi connectivity index (χ1v) is 9.75. The number of thiophene rings is 1. The Morgan fingerprint density at radius 1 is 1.17 bits per heavy atom. The Balaban J connectivity index is 1.84. The van der Waals surface area contributed by atoms with Gasteiger partial charge in [-0.15, -0.1) is 11.3 Å². The molecule has 4 nitrogen and oxygen atoms in total. The molecule has 1 aromatic heterocycles. The Kier molecular flexibility index (Phi) is 4.82. The van der Waals surface area contributed by atoms with E-state index in [2.05, 4.69) is 4.72 Å². The van der Waals surface area contributed by atoms with Gasteiger partial charge in [-0.3, -0.25) is 0 Å². The first kappa shape index (κ1) is 16.6. The molecule has 0 aliphatic carbocycles. The SMILES string of the molecule is O=S(=O)(NCC1(c2ccc(F)cc2)CCOCC1)c1cccs1. The fourth-order valence-electron chi connectivity index (χ4n) is 2.85. The zero-order valence-electron chi connectivity index (χ0n) is 12.5. The third-order valence-electron chi connectivity index (χ3n) is 4.27. The molecule has 124 valence electrons. The fraction of sp³-hybridized carbons (Fsp3) is 0.375. The van der Waals surface area contributed by atoms with Crippen molar-refractivity contribution in [2.75, 3.05) is 19.8 Å². The molecule has 0 saturated carbocycles. The van der Waals surface area contributed by atoms with Crippen LogP contribution in [-0.4, -0.2) is 28.2 Å². The van der Waals surface area contributed by atoms with Gasteiger partial charge in [-0.2, -0.15) is 0 Å². The molecule has 1 aliphatic rings. The van der Waals surface area contributed by atoms with Crippen molar-refractivity contribution in [1.29, 1.82) is 0 Å². The quantitative estimate of drug-likeness (QED) is 0.897. The molecule has 3 rings (SSSR count). The van der Waals surface area contributed by atoms with E-state index in [0.29, 0.717) is 30.3 Å². The van der Waals surface area contributed by atoms with Crippen LogP contribution in [0.25, 0.3) is 0 Å². The molecule has 0 unspecified atom stereocenters. The second kappa shape index (κ2) is 6.68. The Morgan fingerprint density at radius 2 is 1.87 bits per heavy atom. The summed E-state index contributed by atoms with van der Waals surface area (Å²) in [7, 11) is -3.52. The van der Waals surface area contributed by atoms with Gasteiger partial charge < -0.3 is 4.74 Å². The molecule has 7 heteroatoms. The highest BCUT2D eigenvalue weighted by molar-refractivity contribution is 7.91. The van der Waals surface area contributed by atoms with Crippen LogP contribution in [0.5, 0.6) is 0 Å². The lowest BCUT2D eigenvalue weighted by molar-refractivity contribution is 0.0517. The lowest BCUT2D eigenvalue weighted by Gasteiger charge is -2.37. The van der Waals surface area contributed by atoms with E-state index >= 15 is 0 Å². The average Bonchev–Trinajstić information content (AvgIpc) is 3.10. The molecule has 1 N–H and O–H groups in total. The van der Waals surface area contributed by atoms with E-state index in [9.17, 15) is 12.8 Å². The molecule has 23 heavy (non-hydrogen) atoms. The summed E-state index contributed by atoms with van der Waals surface area (Å²) < 4.78 is 46.4. The van der Waals surface area contributed by atoms with Crippen molar-refractivity contribution in [1.82, 2.24) is 4.72 Å². The highest BCUT2D eigenvalue weighted by Crippen LogP contribution is 2.35. The number of ether oxygens (including phenoxy) is 1. The predicted molar refractivity (Wildman–Crippen MR) is 87.6 cm³/mol. The van der Waals surface area contributed by atoms with Gasteiger partial charge in [-0.1, -0.05) is 18.2 Å². The summed E-state index contributed by atoms with van der Waals surface area (Å²) in [5.41, 5.74) is 0.576. The van der Waals surface area contributed by atoms with Gasteiger partial charge in [-0.25, -0.2) is 17.5 Å². The van der Waals surface area contributed by atoms with Crippen LogP contribution in [0.4, 0.5) is 4.39 Å². The summed E-state index contributed by atoms with van der Waals surface area (Å²) >= 11 is 1.19. The van der Waals surface area contributed by atoms with Crippen molar-refractivity contribution in [3.63, 3.8) is 0 Å². The second-order valence-corrected chi connectivity index (χ2v) is 8.60. The molecule has 0 atom stereocenters. The zero-order chi connectivity index (χ0) is 16.3. The van der Waals surface area contributed by atoms with Crippen LogP contribution in [0, 0.1) is 5.82 Å². The van der Waals surface area contributed by atoms with Crippen LogP contribution in [0.2, 0.25) is 0 Å². The Labute approximate surface area is 139 Å². The first-order chi connectivity index (χ1) is 11.0. The molecule has 0 amide bonds. The van der Waals surface area contributed by atoms with E-state index < -0.39 is 10.0 Å². The average molecular weight is 355 g/mol. The molecule has 1 saturated heterocycles. The monoisotopic (exact) mass is 355 g/mol. The van der Waals surface area contributed by atoms with E-state index in [-0.39, 0.29) is 17.8 Å². The van der Waals surface area contributed by atoms with Crippen molar-refractivity contribution in [2.45, 2.75) is 22.5 Å². The normalized spacial score (nSPS) is 18.0. The smallest absolute Gasteiger partial charge is 0.250 e. The van der Waals surface area contributed by atoms with Gasteiger partial charge in [0.25, 0.3) is 0 Å². The maximum atomic E-state index is 13.2. The first-order valence-electron chi connectivity index (χ1n) is 7.39. The third kappa shape index (κ3) is 3.63. The van der Waals surface area contributed by atoms with E-state index in [1.807, 2.05) is 0 Å². The number of rotatable bonds is 5. The topological polar surface area (TPSA) is 55.4 Å². The van der Waals surface area contributed by atoms with Crippen LogP contribution < -0.4 is 4.72 Å². The number of hydrogen-bond donors (Lipinski definition) is 1. The summed E-state index contributed by atoms with van der Waals surface area (Å²) in [4.78, 5) is 0. The minimum atomic E-state index is -3.52. The summed E-state index contributed by atoms with van der Waals surface area (Å²) in [5, 5.41) is 1.73. The predicted octanol–water partition coefficient (Wildman–Crippen LogP) is 2.91. The number of benzene rings is 1. The molecule has 0 bridgehead atoms. The Bertz CT molecular complexity index is 736. The summed E-state index contributed by atoms with van der Waals surface area (Å²) in [5.74, 6) is -0.296. The van der Waals surface area contributed by atoms with Gasteiger partial charge in [0, 0.05) is 25.2 Å². The second-order valence-electron chi connectivity index (χ2n) is 5.66. The van der Waals surface area contributed by atoms with E-state index in [1.54, 1.807) is 29.6 Å². The van der Waals surface area contributed by atoms with Crippen LogP contribution in [0.1, 0.15) is 18.4 Å². The van der Waals surface area contributed by atoms with E-state index in [1.165, 1.54) is 23.5 Å². The molecule has 0 radical (unpaired) electrons. The maximum absolute atomic E-state index is 13.2. The summed E-state index contributed by atoms with van der Waals surface area (Å²) in [6.45, 7) is 1.42.